The molecule has 1 aromatic rings. The first-order valence-electron chi connectivity index (χ1n) is 6.65. The zero-order valence-electron chi connectivity index (χ0n) is 12.1. The molecule has 0 saturated carbocycles. The van der Waals surface area contributed by atoms with Gasteiger partial charge in [-0.2, -0.15) is 0 Å². The summed E-state index contributed by atoms with van der Waals surface area (Å²) in [6.45, 7) is 0. The third kappa shape index (κ3) is 2.89. The second kappa shape index (κ2) is 5.99. The molecule has 0 spiro atoms. The molecule has 8 nitrogen and oxygen atoms in total. The van der Waals surface area contributed by atoms with Gasteiger partial charge >= 0.3 is 23.9 Å². The molecule has 8 heteroatoms. The van der Waals surface area contributed by atoms with Gasteiger partial charge in [-0.15, -0.1) is 0 Å². The van der Waals surface area contributed by atoms with Crippen LogP contribution in [0.25, 0.3) is 5.57 Å². The van der Waals surface area contributed by atoms with Crippen molar-refractivity contribution in [3.05, 3.63) is 53.1 Å². The van der Waals surface area contributed by atoms with Crippen LogP contribution in [0.3, 0.4) is 0 Å². The number of hydrogen-bond acceptors (Lipinski definition) is 4. The van der Waals surface area contributed by atoms with Crippen LogP contribution < -0.4 is 0 Å². The monoisotopic (exact) mass is 332 g/mol. The van der Waals surface area contributed by atoms with E-state index in [9.17, 15) is 29.4 Å². The van der Waals surface area contributed by atoms with Crippen molar-refractivity contribution >= 4 is 29.5 Å². The van der Waals surface area contributed by atoms with E-state index in [2.05, 4.69) is 0 Å². The molecule has 0 aromatic heterocycles. The SMILES string of the molecule is O=C(O)c1cc(C(=O)O)cc(C2=CC(C(=O)O)(C(=O)O)CC=C2)c1. The number of carboxylic acid groups (broad SMARTS) is 4. The highest BCUT2D eigenvalue weighted by molar-refractivity contribution is 6.04. The number of aliphatic carboxylic acids is 2. The van der Waals surface area contributed by atoms with Gasteiger partial charge in [0.15, 0.2) is 5.41 Å². The Morgan fingerprint density at radius 1 is 0.833 bits per heavy atom. The quantitative estimate of drug-likeness (QED) is 0.594. The Hall–Kier alpha value is -3.42. The topological polar surface area (TPSA) is 149 Å². The average Bonchev–Trinajstić information content (AvgIpc) is 2.53. The first-order valence-corrected chi connectivity index (χ1v) is 6.65. The molecule has 2 rings (SSSR count). The van der Waals surface area contributed by atoms with Crippen molar-refractivity contribution < 1.29 is 39.6 Å². The molecule has 0 aliphatic heterocycles. The summed E-state index contributed by atoms with van der Waals surface area (Å²) in [7, 11) is 0. The van der Waals surface area contributed by atoms with Gasteiger partial charge in [-0.1, -0.05) is 12.2 Å². The van der Waals surface area contributed by atoms with E-state index in [0.29, 0.717) is 0 Å². The molecule has 1 aliphatic rings. The zero-order chi connectivity index (χ0) is 18.1. The fraction of sp³-hybridized carbons (Fsp3) is 0.125. The van der Waals surface area contributed by atoms with Gasteiger partial charge in [-0.3, -0.25) is 9.59 Å². The van der Waals surface area contributed by atoms with Gasteiger partial charge in [-0.25, -0.2) is 9.59 Å². The lowest BCUT2D eigenvalue weighted by Crippen LogP contribution is -2.38. The second-order valence-electron chi connectivity index (χ2n) is 5.20. The van der Waals surface area contributed by atoms with Gasteiger partial charge in [0.1, 0.15) is 0 Å². The standard InChI is InChI=1S/C16H12O8/c17-12(18)10-4-9(5-11(6-10)13(19)20)8-2-1-3-16(7-8,14(21)22)15(23)24/h1-2,4-7H,3H2,(H,17,18)(H,19,20)(H,21,22)(H,23,24). The van der Waals surface area contributed by atoms with E-state index in [1.807, 2.05) is 0 Å². The molecule has 4 N–H and O–H groups in total. The summed E-state index contributed by atoms with van der Waals surface area (Å²) in [5.41, 5.74) is -2.57. The van der Waals surface area contributed by atoms with Crippen molar-refractivity contribution in [3.63, 3.8) is 0 Å². The molecule has 24 heavy (non-hydrogen) atoms. The van der Waals surface area contributed by atoms with Gasteiger partial charge in [0.2, 0.25) is 0 Å². The third-order valence-electron chi connectivity index (χ3n) is 3.66. The Labute approximate surface area is 135 Å². The minimum Gasteiger partial charge on any atom is -0.480 e. The number of hydrogen-bond donors (Lipinski definition) is 4. The van der Waals surface area contributed by atoms with Gasteiger partial charge in [0.05, 0.1) is 11.1 Å². The molecular formula is C16H12O8. The molecule has 0 unspecified atom stereocenters. The lowest BCUT2D eigenvalue weighted by Gasteiger charge is -2.24. The largest absolute Gasteiger partial charge is 0.480 e. The fourth-order valence-electron chi connectivity index (χ4n) is 2.35. The molecule has 124 valence electrons. The maximum Gasteiger partial charge on any atom is 0.335 e. The predicted molar refractivity (Wildman–Crippen MR) is 79.8 cm³/mol. The normalized spacial score (nSPS) is 15.4. The Morgan fingerprint density at radius 2 is 1.33 bits per heavy atom. The summed E-state index contributed by atoms with van der Waals surface area (Å²) in [6, 6.07) is 3.28. The number of aromatic carboxylic acids is 2. The maximum absolute atomic E-state index is 11.4. The van der Waals surface area contributed by atoms with E-state index in [4.69, 9.17) is 10.2 Å². The molecule has 1 aliphatic carbocycles. The summed E-state index contributed by atoms with van der Waals surface area (Å²) < 4.78 is 0. The molecule has 0 heterocycles. The van der Waals surface area contributed by atoms with Crippen molar-refractivity contribution in [1.29, 1.82) is 0 Å². The Balaban J connectivity index is 2.66. The molecular weight excluding hydrogens is 320 g/mol. The fourth-order valence-corrected chi connectivity index (χ4v) is 2.35. The van der Waals surface area contributed by atoms with E-state index in [-0.39, 0.29) is 28.7 Å². The van der Waals surface area contributed by atoms with Gasteiger partial charge in [-0.05, 0) is 41.8 Å². The van der Waals surface area contributed by atoms with E-state index >= 15 is 0 Å². The van der Waals surface area contributed by atoms with Crippen LogP contribution in [0, 0.1) is 5.41 Å². The van der Waals surface area contributed by atoms with Crippen LogP contribution in [-0.4, -0.2) is 44.3 Å². The number of carbonyl (C=O) groups is 4. The number of benzene rings is 1. The molecule has 1 aromatic carbocycles. The highest BCUT2D eigenvalue weighted by Gasteiger charge is 2.45. The molecule has 0 bridgehead atoms. The van der Waals surface area contributed by atoms with Crippen LogP contribution in [0.2, 0.25) is 0 Å². The van der Waals surface area contributed by atoms with E-state index in [0.717, 1.165) is 24.3 Å². The Morgan fingerprint density at radius 3 is 1.75 bits per heavy atom. The zero-order valence-corrected chi connectivity index (χ0v) is 12.1. The van der Waals surface area contributed by atoms with Crippen LogP contribution in [0.4, 0.5) is 0 Å². The van der Waals surface area contributed by atoms with E-state index in [1.54, 1.807) is 0 Å². The van der Waals surface area contributed by atoms with Crippen molar-refractivity contribution in [2.45, 2.75) is 6.42 Å². The minimum absolute atomic E-state index is 0.107. The maximum atomic E-state index is 11.4. The minimum atomic E-state index is -2.19. The lowest BCUT2D eigenvalue weighted by atomic mass is 9.78. The van der Waals surface area contributed by atoms with Crippen LogP contribution in [-0.2, 0) is 9.59 Å². The molecule has 0 saturated heterocycles. The van der Waals surface area contributed by atoms with E-state index in [1.165, 1.54) is 12.2 Å². The number of allylic oxidation sites excluding steroid dienone is 3. The van der Waals surface area contributed by atoms with Crippen LogP contribution in [0.15, 0.2) is 36.4 Å². The summed E-state index contributed by atoms with van der Waals surface area (Å²) in [5, 5.41) is 36.7. The van der Waals surface area contributed by atoms with Gasteiger partial charge in [0.25, 0.3) is 0 Å². The average molecular weight is 332 g/mol. The van der Waals surface area contributed by atoms with Crippen LogP contribution in [0.1, 0.15) is 32.7 Å². The van der Waals surface area contributed by atoms with E-state index < -0.39 is 29.3 Å². The van der Waals surface area contributed by atoms with Crippen molar-refractivity contribution in [1.82, 2.24) is 0 Å². The first-order chi connectivity index (χ1) is 11.2. The first kappa shape index (κ1) is 16.9. The smallest absolute Gasteiger partial charge is 0.335 e. The van der Waals surface area contributed by atoms with Crippen LogP contribution >= 0.6 is 0 Å². The van der Waals surface area contributed by atoms with Crippen molar-refractivity contribution in [2.24, 2.45) is 5.41 Å². The Bertz CT molecular complexity index is 769. The highest BCUT2D eigenvalue weighted by atomic mass is 16.4. The van der Waals surface area contributed by atoms with Crippen LogP contribution in [0.5, 0.6) is 0 Å². The summed E-state index contributed by atoms with van der Waals surface area (Å²) in [6.07, 6.45) is 3.48. The molecule has 0 radical (unpaired) electrons. The van der Waals surface area contributed by atoms with Gasteiger partial charge in [0, 0.05) is 0 Å². The summed E-state index contributed by atoms with van der Waals surface area (Å²) in [5.74, 6) is -5.85. The van der Waals surface area contributed by atoms with Crippen molar-refractivity contribution in [3.8, 4) is 0 Å². The second-order valence-corrected chi connectivity index (χ2v) is 5.20. The predicted octanol–water partition coefficient (Wildman–Crippen LogP) is 1.58. The molecule has 0 atom stereocenters. The molecule has 0 fully saturated rings. The number of carboxylic acids is 4. The lowest BCUT2D eigenvalue weighted by molar-refractivity contribution is -0.160. The van der Waals surface area contributed by atoms with Gasteiger partial charge < -0.3 is 20.4 Å². The summed E-state index contributed by atoms with van der Waals surface area (Å²) in [4.78, 5) is 45.1. The third-order valence-corrected chi connectivity index (χ3v) is 3.66. The molecule has 0 amide bonds. The Kier molecular flexibility index (Phi) is 4.23. The summed E-state index contributed by atoms with van der Waals surface area (Å²) >= 11 is 0. The highest BCUT2D eigenvalue weighted by Crippen LogP contribution is 2.35. The van der Waals surface area contributed by atoms with Crippen molar-refractivity contribution in [2.75, 3.05) is 0 Å². The number of rotatable bonds is 5.